The van der Waals surface area contributed by atoms with Crippen molar-refractivity contribution in [3.8, 4) is 5.75 Å². The first-order valence-electron chi connectivity index (χ1n) is 8.84. The van der Waals surface area contributed by atoms with E-state index in [-0.39, 0.29) is 11.7 Å². The number of carbonyl (C=O) groups excluding carboxylic acids is 1. The number of rotatable bonds is 9. The lowest BCUT2D eigenvalue weighted by Gasteiger charge is -2.04. The molecule has 0 bridgehead atoms. The van der Waals surface area contributed by atoms with Gasteiger partial charge in [-0.15, -0.1) is 10.2 Å². The lowest BCUT2D eigenvalue weighted by Crippen LogP contribution is -2.21. The summed E-state index contributed by atoms with van der Waals surface area (Å²) in [5, 5.41) is 13.2. The molecule has 156 valence electrons. The standard InChI is InChI=1S/C20H19ClN4O2S3/c1-13(15-4-3-5-17(10-15)27-2)22-23-18(26)12-29-20-25-24-19(30-20)28-11-14-6-8-16(21)9-7-14/h3-10H,11-12H2,1-2H3,(H,23,26). The third kappa shape index (κ3) is 7.02. The molecule has 0 aliphatic rings. The van der Waals surface area contributed by atoms with Crippen LogP contribution in [0.2, 0.25) is 5.02 Å². The van der Waals surface area contributed by atoms with E-state index < -0.39 is 0 Å². The molecular formula is C20H19ClN4O2S3. The van der Waals surface area contributed by atoms with Crippen molar-refractivity contribution in [2.45, 2.75) is 21.4 Å². The predicted octanol–water partition coefficient (Wildman–Crippen LogP) is 5.12. The number of hydrazone groups is 1. The minimum absolute atomic E-state index is 0.201. The van der Waals surface area contributed by atoms with Crippen LogP contribution in [-0.4, -0.2) is 34.7 Å². The summed E-state index contributed by atoms with van der Waals surface area (Å²) in [5.74, 6) is 1.54. The van der Waals surface area contributed by atoms with Crippen LogP contribution in [-0.2, 0) is 10.5 Å². The molecule has 0 spiro atoms. The van der Waals surface area contributed by atoms with Crippen molar-refractivity contribution >= 4 is 58.1 Å². The zero-order valence-corrected chi connectivity index (χ0v) is 19.5. The van der Waals surface area contributed by atoms with Gasteiger partial charge in [-0.25, -0.2) is 5.43 Å². The SMILES string of the molecule is COc1cccc(C(C)=NNC(=O)CSc2nnc(SCc3ccc(Cl)cc3)s2)c1. The Labute approximate surface area is 192 Å². The van der Waals surface area contributed by atoms with Crippen molar-refractivity contribution in [3.05, 3.63) is 64.7 Å². The summed E-state index contributed by atoms with van der Waals surface area (Å²) in [6.45, 7) is 1.83. The third-order valence-corrected chi connectivity index (χ3v) is 7.34. The monoisotopic (exact) mass is 478 g/mol. The molecule has 0 fully saturated rings. The second kappa shape index (κ2) is 11.4. The molecule has 2 aromatic carbocycles. The molecule has 3 rings (SSSR count). The Morgan fingerprint density at radius 3 is 2.63 bits per heavy atom. The molecule has 0 atom stereocenters. The minimum atomic E-state index is -0.201. The maximum absolute atomic E-state index is 12.1. The normalized spacial score (nSPS) is 11.4. The predicted molar refractivity (Wildman–Crippen MR) is 125 cm³/mol. The molecule has 10 heteroatoms. The topological polar surface area (TPSA) is 76.5 Å². The average Bonchev–Trinajstić information content (AvgIpc) is 3.23. The van der Waals surface area contributed by atoms with E-state index in [0.717, 1.165) is 36.3 Å². The van der Waals surface area contributed by atoms with Crippen LogP contribution in [0, 0.1) is 0 Å². The molecule has 6 nitrogen and oxygen atoms in total. The number of aromatic nitrogens is 2. The fourth-order valence-electron chi connectivity index (χ4n) is 2.26. The highest BCUT2D eigenvalue weighted by Crippen LogP contribution is 2.30. The first-order chi connectivity index (χ1) is 14.5. The van der Waals surface area contributed by atoms with Crippen molar-refractivity contribution in [2.24, 2.45) is 5.10 Å². The lowest BCUT2D eigenvalue weighted by atomic mass is 10.1. The second-order valence-electron chi connectivity index (χ2n) is 6.00. The Morgan fingerprint density at radius 2 is 1.90 bits per heavy atom. The number of benzene rings is 2. The number of thioether (sulfide) groups is 2. The zero-order valence-electron chi connectivity index (χ0n) is 16.3. The Balaban J connectivity index is 1.45. The van der Waals surface area contributed by atoms with Crippen LogP contribution in [0.15, 0.2) is 62.3 Å². The van der Waals surface area contributed by atoms with Crippen molar-refractivity contribution in [2.75, 3.05) is 12.9 Å². The first kappa shape index (κ1) is 22.6. The van der Waals surface area contributed by atoms with Gasteiger partial charge in [0.25, 0.3) is 5.91 Å². The van der Waals surface area contributed by atoms with Gasteiger partial charge in [-0.3, -0.25) is 4.79 Å². The molecule has 30 heavy (non-hydrogen) atoms. The average molecular weight is 479 g/mol. The summed E-state index contributed by atoms with van der Waals surface area (Å²) in [6.07, 6.45) is 0. The maximum atomic E-state index is 12.1. The largest absolute Gasteiger partial charge is 0.497 e. The van der Waals surface area contributed by atoms with Gasteiger partial charge in [0.15, 0.2) is 8.68 Å². The van der Waals surface area contributed by atoms with Crippen LogP contribution in [0.25, 0.3) is 0 Å². The van der Waals surface area contributed by atoms with E-state index in [1.165, 1.54) is 23.1 Å². The van der Waals surface area contributed by atoms with Gasteiger partial charge in [-0.1, -0.05) is 70.7 Å². The van der Waals surface area contributed by atoms with Gasteiger partial charge in [-0.2, -0.15) is 5.10 Å². The van der Waals surface area contributed by atoms with Crippen LogP contribution in [0.5, 0.6) is 5.75 Å². The Bertz CT molecular complexity index is 1020. The van der Waals surface area contributed by atoms with Crippen molar-refractivity contribution in [1.82, 2.24) is 15.6 Å². The Kier molecular flexibility index (Phi) is 8.56. The molecule has 1 N–H and O–H groups in total. The molecular weight excluding hydrogens is 460 g/mol. The van der Waals surface area contributed by atoms with Crippen molar-refractivity contribution in [1.29, 1.82) is 0 Å². The van der Waals surface area contributed by atoms with Crippen LogP contribution in [0.1, 0.15) is 18.1 Å². The van der Waals surface area contributed by atoms with E-state index in [4.69, 9.17) is 16.3 Å². The third-order valence-electron chi connectivity index (χ3n) is 3.83. The fraction of sp³-hybridized carbons (Fsp3) is 0.200. The fourth-order valence-corrected chi connectivity index (χ4v) is 5.15. The molecule has 0 aliphatic heterocycles. The quantitative estimate of drug-likeness (QED) is 0.261. The molecule has 1 heterocycles. The zero-order chi connectivity index (χ0) is 21.3. The highest BCUT2D eigenvalue weighted by atomic mass is 35.5. The van der Waals surface area contributed by atoms with E-state index in [9.17, 15) is 4.79 Å². The summed E-state index contributed by atoms with van der Waals surface area (Å²) in [6, 6.07) is 15.2. The van der Waals surface area contributed by atoms with Gasteiger partial charge in [0.2, 0.25) is 0 Å². The highest BCUT2D eigenvalue weighted by Gasteiger charge is 2.09. The number of nitrogens with zero attached hydrogens (tertiary/aromatic N) is 3. The van der Waals surface area contributed by atoms with Crippen LogP contribution >= 0.6 is 46.5 Å². The van der Waals surface area contributed by atoms with Crippen molar-refractivity contribution in [3.63, 3.8) is 0 Å². The van der Waals surface area contributed by atoms with E-state index in [2.05, 4.69) is 20.7 Å². The van der Waals surface area contributed by atoms with Gasteiger partial charge in [0, 0.05) is 16.3 Å². The first-order valence-corrected chi connectivity index (χ1v) is 12.0. The van der Waals surface area contributed by atoms with Crippen LogP contribution in [0.4, 0.5) is 0 Å². The van der Waals surface area contributed by atoms with Crippen LogP contribution < -0.4 is 10.2 Å². The van der Waals surface area contributed by atoms with E-state index in [1.807, 2.05) is 55.5 Å². The number of carbonyl (C=O) groups is 1. The molecule has 0 radical (unpaired) electrons. The van der Waals surface area contributed by atoms with Crippen molar-refractivity contribution < 1.29 is 9.53 Å². The molecule has 0 aliphatic carbocycles. The number of methoxy groups -OCH3 is 1. The Morgan fingerprint density at radius 1 is 1.17 bits per heavy atom. The Hall–Kier alpha value is -2.07. The number of amides is 1. The second-order valence-corrected chi connectivity index (χ2v) is 9.86. The van der Waals surface area contributed by atoms with Gasteiger partial charge in [0.1, 0.15) is 5.75 Å². The maximum Gasteiger partial charge on any atom is 0.250 e. The van der Waals surface area contributed by atoms with E-state index >= 15 is 0 Å². The molecule has 0 unspecified atom stereocenters. The number of ether oxygens (including phenoxy) is 1. The summed E-state index contributed by atoms with van der Waals surface area (Å²) in [4.78, 5) is 12.1. The summed E-state index contributed by atoms with van der Waals surface area (Å²) < 4.78 is 6.81. The number of hydrogen-bond acceptors (Lipinski definition) is 8. The molecule has 0 saturated carbocycles. The van der Waals surface area contributed by atoms with Gasteiger partial charge >= 0.3 is 0 Å². The van der Waals surface area contributed by atoms with Crippen LogP contribution in [0.3, 0.4) is 0 Å². The molecule has 0 saturated heterocycles. The van der Waals surface area contributed by atoms with Gasteiger partial charge in [0.05, 0.1) is 18.6 Å². The van der Waals surface area contributed by atoms with Gasteiger partial charge < -0.3 is 4.74 Å². The summed E-state index contributed by atoms with van der Waals surface area (Å²) >= 11 is 10.3. The minimum Gasteiger partial charge on any atom is -0.497 e. The summed E-state index contributed by atoms with van der Waals surface area (Å²) in [7, 11) is 1.61. The smallest absolute Gasteiger partial charge is 0.250 e. The molecule has 1 aromatic heterocycles. The lowest BCUT2D eigenvalue weighted by molar-refractivity contribution is -0.118. The van der Waals surface area contributed by atoms with E-state index in [0.29, 0.717) is 5.71 Å². The summed E-state index contributed by atoms with van der Waals surface area (Å²) in [5.41, 5.74) is 5.32. The highest BCUT2D eigenvalue weighted by molar-refractivity contribution is 8.03. The molecule has 1 amide bonds. The van der Waals surface area contributed by atoms with Gasteiger partial charge in [-0.05, 0) is 36.8 Å². The number of halogens is 1. The number of nitrogens with one attached hydrogen (secondary N) is 1. The molecule has 3 aromatic rings. The van der Waals surface area contributed by atoms with E-state index in [1.54, 1.807) is 18.9 Å². The number of hydrogen-bond donors (Lipinski definition) is 1.